The van der Waals surface area contributed by atoms with Gasteiger partial charge in [0.05, 0.1) is 11.1 Å². The second-order valence-corrected chi connectivity index (χ2v) is 4.96. The second kappa shape index (κ2) is 4.59. The summed E-state index contributed by atoms with van der Waals surface area (Å²) in [4.78, 5) is 11.5. The number of benzene rings is 1. The molecule has 1 aromatic carbocycles. The standard InChI is InChI=1S/C10H9N3O4S/c11-18(15,16)8-3-1-7(2-4-8)13-10(14)9-5-6-12-17-9/h1-6H,(H,13,14)(H2,11,15,16). The topological polar surface area (TPSA) is 115 Å². The lowest BCUT2D eigenvalue weighted by molar-refractivity contribution is 0.0988. The molecule has 1 amide bonds. The van der Waals surface area contributed by atoms with E-state index in [4.69, 9.17) is 5.14 Å². The zero-order chi connectivity index (χ0) is 13.2. The molecule has 8 heteroatoms. The summed E-state index contributed by atoms with van der Waals surface area (Å²) in [7, 11) is -3.73. The number of amides is 1. The molecule has 2 rings (SSSR count). The van der Waals surface area contributed by atoms with Crippen LogP contribution in [0.5, 0.6) is 0 Å². The number of carbonyl (C=O) groups excluding carboxylic acids is 1. The van der Waals surface area contributed by atoms with Crippen LogP contribution in [-0.4, -0.2) is 19.5 Å². The van der Waals surface area contributed by atoms with Gasteiger partial charge in [-0.3, -0.25) is 4.79 Å². The molecule has 7 nitrogen and oxygen atoms in total. The Morgan fingerprint density at radius 2 is 1.89 bits per heavy atom. The number of sulfonamides is 1. The first kappa shape index (κ1) is 12.3. The maximum absolute atomic E-state index is 11.6. The lowest BCUT2D eigenvalue weighted by atomic mass is 10.3. The molecule has 3 N–H and O–H groups in total. The lowest BCUT2D eigenvalue weighted by Gasteiger charge is -2.03. The smallest absolute Gasteiger partial charge is 0.294 e. The van der Waals surface area contributed by atoms with Crippen LogP contribution in [0.15, 0.2) is 45.9 Å². The van der Waals surface area contributed by atoms with Crippen LogP contribution >= 0.6 is 0 Å². The molecule has 1 aromatic heterocycles. The Kier molecular flexibility index (Phi) is 3.13. The van der Waals surface area contributed by atoms with Crippen molar-refractivity contribution in [2.24, 2.45) is 5.14 Å². The van der Waals surface area contributed by atoms with Crippen molar-refractivity contribution in [2.45, 2.75) is 4.90 Å². The van der Waals surface area contributed by atoms with Crippen molar-refractivity contribution in [3.8, 4) is 0 Å². The van der Waals surface area contributed by atoms with E-state index >= 15 is 0 Å². The Morgan fingerprint density at radius 1 is 1.22 bits per heavy atom. The van der Waals surface area contributed by atoms with Crippen LogP contribution in [0.25, 0.3) is 0 Å². The predicted octanol–water partition coefficient (Wildman–Crippen LogP) is 0.574. The van der Waals surface area contributed by atoms with Gasteiger partial charge in [0.1, 0.15) is 0 Å². The largest absolute Gasteiger partial charge is 0.351 e. The Labute approximate surface area is 103 Å². The Bertz CT molecular complexity index is 647. The number of anilines is 1. The molecule has 0 fully saturated rings. The molecular formula is C10H9N3O4S. The van der Waals surface area contributed by atoms with Crippen LogP contribution in [0.3, 0.4) is 0 Å². The molecule has 94 valence electrons. The van der Waals surface area contributed by atoms with Gasteiger partial charge in [-0.05, 0) is 24.3 Å². The van der Waals surface area contributed by atoms with E-state index in [1.807, 2.05) is 0 Å². The summed E-state index contributed by atoms with van der Waals surface area (Å²) in [5.41, 5.74) is 0.420. The zero-order valence-electron chi connectivity index (χ0n) is 9.03. The van der Waals surface area contributed by atoms with Crippen LogP contribution in [0.4, 0.5) is 5.69 Å². The van der Waals surface area contributed by atoms with Gasteiger partial charge in [0.2, 0.25) is 15.8 Å². The summed E-state index contributed by atoms with van der Waals surface area (Å²) in [6.45, 7) is 0. The molecule has 0 spiro atoms. The minimum absolute atomic E-state index is 0.0276. The van der Waals surface area contributed by atoms with Gasteiger partial charge in [-0.1, -0.05) is 5.16 Å². The lowest BCUT2D eigenvalue weighted by Crippen LogP contribution is -2.13. The molecule has 2 aromatic rings. The predicted molar refractivity (Wildman–Crippen MR) is 62.3 cm³/mol. The number of nitrogens with one attached hydrogen (secondary N) is 1. The molecule has 1 heterocycles. The number of primary sulfonamides is 1. The van der Waals surface area contributed by atoms with Gasteiger partial charge in [0.25, 0.3) is 5.91 Å². The monoisotopic (exact) mass is 267 g/mol. The fraction of sp³-hybridized carbons (Fsp3) is 0. The van der Waals surface area contributed by atoms with E-state index in [-0.39, 0.29) is 10.7 Å². The van der Waals surface area contributed by atoms with Gasteiger partial charge in [0.15, 0.2) is 0 Å². The molecule has 0 bridgehead atoms. The molecule has 0 saturated carbocycles. The van der Waals surface area contributed by atoms with Crippen LogP contribution in [0.1, 0.15) is 10.6 Å². The van der Waals surface area contributed by atoms with Crippen molar-refractivity contribution >= 4 is 21.6 Å². The van der Waals surface area contributed by atoms with Gasteiger partial charge in [-0.15, -0.1) is 0 Å². The van der Waals surface area contributed by atoms with Gasteiger partial charge in [-0.2, -0.15) is 0 Å². The van der Waals surface area contributed by atoms with Crippen LogP contribution in [0.2, 0.25) is 0 Å². The Balaban J connectivity index is 2.14. The average molecular weight is 267 g/mol. The fourth-order valence-corrected chi connectivity index (χ4v) is 1.77. The normalized spacial score (nSPS) is 11.2. The average Bonchev–Trinajstić information content (AvgIpc) is 2.82. The van der Waals surface area contributed by atoms with Crippen molar-refractivity contribution in [3.05, 3.63) is 42.3 Å². The summed E-state index contributed by atoms with van der Waals surface area (Å²) < 4.78 is 26.7. The highest BCUT2D eigenvalue weighted by Gasteiger charge is 2.11. The summed E-state index contributed by atoms with van der Waals surface area (Å²) >= 11 is 0. The third kappa shape index (κ3) is 2.73. The number of nitrogens with two attached hydrogens (primary N) is 1. The fourth-order valence-electron chi connectivity index (χ4n) is 1.25. The van der Waals surface area contributed by atoms with Crippen LogP contribution in [-0.2, 0) is 10.0 Å². The van der Waals surface area contributed by atoms with Gasteiger partial charge in [0, 0.05) is 11.8 Å². The summed E-state index contributed by atoms with van der Waals surface area (Å²) in [6.07, 6.45) is 1.35. The Morgan fingerprint density at radius 3 is 2.39 bits per heavy atom. The molecule has 0 aliphatic rings. The maximum Gasteiger partial charge on any atom is 0.294 e. The minimum Gasteiger partial charge on any atom is -0.351 e. The molecule has 0 radical (unpaired) electrons. The van der Waals surface area contributed by atoms with Crippen molar-refractivity contribution in [1.82, 2.24) is 5.16 Å². The van der Waals surface area contributed by atoms with Crippen LogP contribution in [0, 0.1) is 0 Å². The van der Waals surface area contributed by atoms with Crippen LogP contribution < -0.4 is 10.5 Å². The number of nitrogens with zero attached hydrogens (tertiary/aromatic N) is 1. The molecule has 0 saturated heterocycles. The number of aromatic nitrogens is 1. The zero-order valence-corrected chi connectivity index (χ0v) is 9.85. The van der Waals surface area contributed by atoms with Crippen molar-refractivity contribution < 1.29 is 17.7 Å². The van der Waals surface area contributed by atoms with E-state index in [1.165, 1.54) is 36.5 Å². The van der Waals surface area contributed by atoms with Crippen molar-refractivity contribution in [1.29, 1.82) is 0 Å². The first-order valence-corrected chi connectivity index (χ1v) is 6.36. The second-order valence-electron chi connectivity index (χ2n) is 3.40. The van der Waals surface area contributed by atoms with E-state index < -0.39 is 15.9 Å². The highest BCUT2D eigenvalue weighted by atomic mass is 32.2. The minimum atomic E-state index is -3.73. The molecule has 18 heavy (non-hydrogen) atoms. The van der Waals surface area contributed by atoms with Crippen molar-refractivity contribution in [3.63, 3.8) is 0 Å². The van der Waals surface area contributed by atoms with E-state index in [0.29, 0.717) is 5.69 Å². The quantitative estimate of drug-likeness (QED) is 0.843. The molecule has 0 unspecified atom stereocenters. The molecular weight excluding hydrogens is 258 g/mol. The summed E-state index contributed by atoms with van der Waals surface area (Å²) in [5.74, 6) is -0.415. The molecule has 0 aliphatic heterocycles. The highest BCUT2D eigenvalue weighted by molar-refractivity contribution is 7.89. The van der Waals surface area contributed by atoms with E-state index in [2.05, 4.69) is 15.0 Å². The van der Waals surface area contributed by atoms with Crippen molar-refractivity contribution in [2.75, 3.05) is 5.32 Å². The number of carbonyl (C=O) groups is 1. The van der Waals surface area contributed by atoms with Gasteiger partial charge < -0.3 is 9.84 Å². The maximum atomic E-state index is 11.6. The molecule has 0 atom stereocenters. The SMILES string of the molecule is NS(=O)(=O)c1ccc(NC(=O)c2ccno2)cc1. The van der Waals surface area contributed by atoms with E-state index in [1.54, 1.807) is 0 Å². The number of hydrogen-bond acceptors (Lipinski definition) is 5. The third-order valence-electron chi connectivity index (χ3n) is 2.10. The van der Waals surface area contributed by atoms with Gasteiger partial charge in [-0.25, -0.2) is 13.6 Å². The first-order valence-electron chi connectivity index (χ1n) is 4.82. The molecule has 0 aliphatic carbocycles. The van der Waals surface area contributed by atoms with E-state index in [0.717, 1.165) is 0 Å². The van der Waals surface area contributed by atoms with Gasteiger partial charge >= 0.3 is 0 Å². The van der Waals surface area contributed by atoms with E-state index in [9.17, 15) is 13.2 Å². The summed E-state index contributed by atoms with van der Waals surface area (Å²) in [5, 5.41) is 10.9. The third-order valence-corrected chi connectivity index (χ3v) is 3.03. The number of hydrogen-bond donors (Lipinski definition) is 2. The highest BCUT2D eigenvalue weighted by Crippen LogP contribution is 2.13. The Hall–Kier alpha value is -2.19. The summed E-state index contributed by atoms with van der Waals surface area (Å²) in [6, 6.07) is 6.85. The first-order chi connectivity index (χ1) is 8.47. The number of rotatable bonds is 3.